The van der Waals surface area contributed by atoms with Crippen molar-refractivity contribution in [3.05, 3.63) is 24.3 Å². The molecule has 0 bridgehead atoms. The summed E-state index contributed by atoms with van der Waals surface area (Å²) in [6, 6.07) is -1.47. The van der Waals surface area contributed by atoms with Gasteiger partial charge in [0.2, 0.25) is 0 Å². The van der Waals surface area contributed by atoms with Gasteiger partial charge in [-0.05, 0) is 64.2 Å². The molecule has 354 valence electrons. The van der Waals surface area contributed by atoms with Crippen molar-refractivity contribution in [3.63, 3.8) is 0 Å². The van der Waals surface area contributed by atoms with Gasteiger partial charge in [0.15, 0.2) is 0 Å². The van der Waals surface area contributed by atoms with Gasteiger partial charge in [0.1, 0.15) is 12.1 Å². The van der Waals surface area contributed by atoms with Crippen LogP contribution in [-0.4, -0.2) is 60.5 Å². The minimum absolute atomic E-state index is 0.0150. The second-order valence-corrected chi connectivity index (χ2v) is 18.4. The number of carbonyl (C=O) groups excluding carboxylic acids is 1. The summed E-state index contributed by atoms with van der Waals surface area (Å²) in [6.07, 6.45) is 50.9. The summed E-state index contributed by atoms with van der Waals surface area (Å²) in [5, 5.41) is 8.92. The van der Waals surface area contributed by atoms with Crippen molar-refractivity contribution in [1.82, 2.24) is 0 Å². The van der Waals surface area contributed by atoms with Crippen LogP contribution in [-0.2, 0) is 32.7 Å². The number of hydrogen-bond acceptors (Lipinski definition) is 8. The van der Waals surface area contributed by atoms with E-state index in [0.717, 1.165) is 44.9 Å². The zero-order valence-electron chi connectivity index (χ0n) is 38.8. The normalized spacial score (nSPS) is 13.9. The fraction of sp³-hybridized carbons (Fsp3) is 0.878. The van der Waals surface area contributed by atoms with Crippen molar-refractivity contribution in [3.8, 4) is 0 Å². The van der Waals surface area contributed by atoms with Gasteiger partial charge in [0.05, 0.1) is 19.8 Å². The highest BCUT2D eigenvalue weighted by Gasteiger charge is 2.27. The number of aliphatic carboxylic acids is 1. The minimum atomic E-state index is -4.62. The maximum Gasteiger partial charge on any atom is 0.472 e. The maximum atomic E-state index is 12.7. The molecule has 0 saturated heterocycles. The largest absolute Gasteiger partial charge is 0.480 e. The summed E-state index contributed by atoms with van der Waals surface area (Å²) in [7, 11) is -4.62. The Morgan fingerprint density at radius 3 is 1.27 bits per heavy atom. The molecular weight excluding hydrogens is 778 g/mol. The number of carbonyl (C=O) groups is 2. The van der Waals surface area contributed by atoms with Gasteiger partial charge in [0.25, 0.3) is 0 Å². The van der Waals surface area contributed by atoms with E-state index in [-0.39, 0.29) is 13.0 Å². The lowest BCUT2D eigenvalue weighted by atomic mass is 10.1. The quantitative estimate of drug-likeness (QED) is 0.0233. The van der Waals surface area contributed by atoms with Crippen molar-refractivity contribution in [2.45, 2.75) is 251 Å². The number of phosphoric acid groups is 1. The molecular formula is C49H94NO9P. The molecule has 4 N–H and O–H groups in total. The van der Waals surface area contributed by atoms with Crippen molar-refractivity contribution >= 4 is 19.8 Å². The number of unbranched alkanes of at least 4 members (excludes halogenated alkanes) is 30. The lowest BCUT2D eigenvalue weighted by molar-refractivity contribution is -0.154. The van der Waals surface area contributed by atoms with Crippen molar-refractivity contribution in [2.75, 3.05) is 26.4 Å². The van der Waals surface area contributed by atoms with E-state index in [2.05, 4.69) is 38.2 Å². The van der Waals surface area contributed by atoms with E-state index in [1.165, 1.54) is 167 Å². The third kappa shape index (κ3) is 44.5. The van der Waals surface area contributed by atoms with Crippen molar-refractivity contribution in [1.29, 1.82) is 0 Å². The Balaban J connectivity index is 4.15. The molecule has 0 fully saturated rings. The number of allylic oxidation sites excluding steroid dienone is 4. The number of ether oxygens (including phenoxy) is 2. The SMILES string of the molecule is CCCCCCCCC/C=C\CCCCCCCCOCC(COP(=O)(O)OCC(N)C(=O)O)OC(=O)CCCCCCCCCCC/C=C\CCCCCCCCCC. The standard InChI is InChI=1S/C49H94NO9P/c1-3-5-7-9-11-13-15-17-19-21-22-23-24-25-27-29-31-33-35-37-39-41-48(51)59-46(44-57-60(54,55)58-45-47(50)49(52)53)43-56-42-40-38-36-34-32-30-28-26-20-18-16-14-12-10-8-6-4-2/h20-22,26,46-47H,3-19,23-25,27-45,50H2,1-2H3,(H,52,53)(H,54,55)/b22-21-,26-20-. The molecule has 0 heterocycles. The maximum absolute atomic E-state index is 12.7. The fourth-order valence-corrected chi connectivity index (χ4v) is 7.84. The van der Waals surface area contributed by atoms with E-state index in [1.807, 2.05) is 0 Å². The summed E-state index contributed by atoms with van der Waals surface area (Å²) in [4.78, 5) is 33.6. The highest BCUT2D eigenvalue weighted by Crippen LogP contribution is 2.43. The summed E-state index contributed by atoms with van der Waals surface area (Å²) >= 11 is 0. The van der Waals surface area contributed by atoms with E-state index in [1.54, 1.807) is 0 Å². The van der Waals surface area contributed by atoms with E-state index in [4.69, 9.17) is 29.4 Å². The van der Waals surface area contributed by atoms with Gasteiger partial charge in [-0.3, -0.25) is 18.6 Å². The van der Waals surface area contributed by atoms with Crippen molar-refractivity contribution in [2.24, 2.45) is 5.73 Å². The molecule has 0 radical (unpaired) electrons. The lowest BCUT2D eigenvalue weighted by Gasteiger charge is -2.20. The van der Waals surface area contributed by atoms with Gasteiger partial charge in [-0.25, -0.2) is 4.57 Å². The van der Waals surface area contributed by atoms with E-state index < -0.39 is 45.1 Å². The first kappa shape index (κ1) is 58.5. The van der Waals surface area contributed by atoms with Gasteiger partial charge < -0.3 is 25.2 Å². The van der Waals surface area contributed by atoms with Gasteiger partial charge in [0, 0.05) is 13.0 Å². The molecule has 3 atom stereocenters. The third-order valence-corrected chi connectivity index (χ3v) is 11.9. The number of phosphoric ester groups is 1. The van der Waals surface area contributed by atoms with Crippen LogP contribution in [0.1, 0.15) is 239 Å². The van der Waals surface area contributed by atoms with Gasteiger partial charge >= 0.3 is 19.8 Å². The highest BCUT2D eigenvalue weighted by molar-refractivity contribution is 7.47. The third-order valence-electron chi connectivity index (χ3n) is 11.0. The Morgan fingerprint density at radius 2 is 0.867 bits per heavy atom. The number of esters is 1. The molecule has 3 unspecified atom stereocenters. The Kier molecular flexibility index (Phi) is 44.3. The van der Waals surface area contributed by atoms with Crippen LogP contribution in [0.5, 0.6) is 0 Å². The second kappa shape index (κ2) is 45.5. The topological polar surface area (TPSA) is 155 Å². The molecule has 0 aromatic rings. The number of carboxylic acid groups (broad SMARTS) is 1. The molecule has 0 aromatic heterocycles. The van der Waals surface area contributed by atoms with Crippen LogP contribution in [0.15, 0.2) is 24.3 Å². The average molecular weight is 872 g/mol. The zero-order chi connectivity index (χ0) is 44.0. The molecule has 0 aliphatic rings. The first-order valence-corrected chi connectivity index (χ1v) is 26.4. The first-order chi connectivity index (χ1) is 29.2. The number of hydrogen-bond donors (Lipinski definition) is 3. The van der Waals surface area contributed by atoms with Crippen LogP contribution in [0.25, 0.3) is 0 Å². The van der Waals surface area contributed by atoms with Gasteiger partial charge in [-0.1, -0.05) is 192 Å². The van der Waals surface area contributed by atoms with E-state index in [9.17, 15) is 19.0 Å². The average Bonchev–Trinajstić information content (AvgIpc) is 3.23. The van der Waals surface area contributed by atoms with Crippen LogP contribution in [0, 0.1) is 0 Å². The monoisotopic (exact) mass is 872 g/mol. The summed E-state index contributed by atoms with van der Waals surface area (Å²) in [5.41, 5.74) is 5.37. The first-order valence-electron chi connectivity index (χ1n) is 24.9. The smallest absolute Gasteiger partial charge is 0.472 e. The molecule has 0 aromatic carbocycles. The van der Waals surface area contributed by atoms with Crippen LogP contribution in [0.2, 0.25) is 0 Å². The lowest BCUT2D eigenvalue weighted by Crippen LogP contribution is -2.34. The van der Waals surface area contributed by atoms with Crippen LogP contribution in [0.3, 0.4) is 0 Å². The van der Waals surface area contributed by atoms with Gasteiger partial charge in [-0.2, -0.15) is 0 Å². The van der Waals surface area contributed by atoms with Crippen LogP contribution in [0.4, 0.5) is 0 Å². The Morgan fingerprint density at radius 1 is 0.517 bits per heavy atom. The van der Waals surface area contributed by atoms with E-state index in [0.29, 0.717) is 13.0 Å². The van der Waals surface area contributed by atoms with Gasteiger partial charge in [-0.15, -0.1) is 0 Å². The Labute approximate surface area is 368 Å². The summed E-state index contributed by atoms with van der Waals surface area (Å²) in [6.45, 7) is 3.90. The molecule has 0 aliphatic carbocycles. The Hall–Kier alpha value is -1.55. The number of rotatable bonds is 48. The summed E-state index contributed by atoms with van der Waals surface area (Å²) < 4.78 is 33.5. The molecule has 0 aliphatic heterocycles. The molecule has 0 spiro atoms. The van der Waals surface area contributed by atoms with Crippen LogP contribution >= 0.6 is 7.82 Å². The van der Waals surface area contributed by atoms with E-state index >= 15 is 0 Å². The fourth-order valence-electron chi connectivity index (χ4n) is 7.07. The number of nitrogens with two attached hydrogens (primary N) is 1. The molecule has 0 amide bonds. The van der Waals surface area contributed by atoms with Crippen molar-refractivity contribution < 1.29 is 42.7 Å². The molecule has 10 nitrogen and oxygen atoms in total. The minimum Gasteiger partial charge on any atom is -0.480 e. The summed E-state index contributed by atoms with van der Waals surface area (Å²) in [5.74, 6) is -1.77. The zero-order valence-corrected chi connectivity index (χ0v) is 39.7. The Bertz CT molecular complexity index is 1060. The number of carboxylic acids is 1. The second-order valence-electron chi connectivity index (χ2n) is 16.9. The molecule has 11 heteroatoms. The molecule has 0 saturated carbocycles. The predicted octanol–water partition coefficient (Wildman–Crippen LogP) is 14.3. The molecule has 60 heavy (non-hydrogen) atoms. The highest BCUT2D eigenvalue weighted by atomic mass is 31.2. The predicted molar refractivity (Wildman–Crippen MR) is 249 cm³/mol. The molecule has 0 rings (SSSR count). The van der Waals surface area contributed by atoms with Crippen LogP contribution < -0.4 is 5.73 Å².